The first kappa shape index (κ1) is 19.8. The summed E-state index contributed by atoms with van der Waals surface area (Å²) in [6, 6.07) is 3.83. The van der Waals surface area contributed by atoms with Gasteiger partial charge in [0.15, 0.2) is 11.5 Å². The molecule has 1 aromatic rings. The molecule has 0 radical (unpaired) electrons. The van der Waals surface area contributed by atoms with Gasteiger partial charge in [-0.05, 0) is 37.8 Å². The Labute approximate surface area is 156 Å². The number of alkyl halides is 2. The van der Waals surface area contributed by atoms with E-state index in [1.165, 1.54) is 32.3 Å². The van der Waals surface area contributed by atoms with Crippen LogP contribution in [0.5, 0.6) is 11.5 Å². The van der Waals surface area contributed by atoms with Gasteiger partial charge >= 0.3 is 6.29 Å². The van der Waals surface area contributed by atoms with E-state index < -0.39 is 16.5 Å². The Balaban J connectivity index is 1.54. The SMILES string of the molecule is CN(C)S(=O)(=O)NC1CCC(C(=O)Nc2ccc3c(c2)OC(F)(F)O3)CC1. The lowest BCUT2D eigenvalue weighted by Crippen LogP contribution is -2.44. The normalized spacial score (nSPS) is 24.0. The van der Waals surface area contributed by atoms with Crippen LogP contribution < -0.4 is 19.5 Å². The molecule has 3 rings (SSSR count). The van der Waals surface area contributed by atoms with Gasteiger partial charge in [-0.3, -0.25) is 4.79 Å². The molecule has 1 heterocycles. The lowest BCUT2D eigenvalue weighted by Gasteiger charge is -2.29. The number of carbonyl (C=O) groups is 1. The number of halogens is 2. The predicted molar refractivity (Wildman–Crippen MR) is 92.8 cm³/mol. The molecule has 1 saturated carbocycles. The molecule has 0 saturated heterocycles. The molecule has 0 unspecified atom stereocenters. The minimum Gasteiger partial charge on any atom is -0.395 e. The van der Waals surface area contributed by atoms with Crippen molar-refractivity contribution in [2.45, 2.75) is 38.0 Å². The highest BCUT2D eigenvalue weighted by Gasteiger charge is 2.43. The van der Waals surface area contributed by atoms with Crippen molar-refractivity contribution < 1.29 is 31.5 Å². The molecule has 27 heavy (non-hydrogen) atoms. The summed E-state index contributed by atoms with van der Waals surface area (Å²) in [5.41, 5.74) is 0.329. The molecule has 11 heteroatoms. The molecule has 0 bridgehead atoms. The molecule has 1 aromatic carbocycles. The Morgan fingerprint density at radius 2 is 1.78 bits per heavy atom. The molecule has 2 aliphatic rings. The number of carbonyl (C=O) groups excluding carboxylic acids is 1. The zero-order chi connectivity index (χ0) is 19.8. The molecule has 0 aromatic heterocycles. The van der Waals surface area contributed by atoms with E-state index in [0.29, 0.717) is 31.4 Å². The van der Waals surface area contributed by atoms with Crippen molar-refractivity contribution in [1.29, 1.82) is 0 Å². The summed E-state index contributed by atoms with van der Waals surface area (Å²) in [6.07, 6.45) is -1.58. The summed E-state index contributed by atoms with van der Waals surface area (Å²) < 4.78 is 62.2. The third-order valence-corrected chi connectivity index (χ3v) is 6.16. The van der Waals surface area contributed by atoms with E-state index in [1.54, 1.807) is 0 Å². The van der Waals surface area contributed by atoms with Crippen molar-refractivity contribution in [1.82, 2.24) is 9.03 Å². The number of ether oxygens (including phenoxy) is 2. The van der Waals surface area contributed by atoms with Gasteiger partial charge in [0.25, 0.3) is 10.2 Å². The van der Waals surface area contributed by atoms with Crippen LogP contribution in [0, 0.1) is 5.92 Å². The zero-order valence-corrected chi connectivity index (χ0v) is 15.7. The van der Waals surface area contributed by atoms with Gasteiger partial charge in [0.2, 0.25) is 5.91 Å². The van der Waals surface area contributed by atoms with E-state index in [4.69, 9.17) is 0 Å². The number of amides is 1. The number of benzene rings is 1. The summed E-state index contributed by atoms with van der Waals surface area (Å²) in [6.45, 7) is 0. The average Bonchev–Trinajstić information content (AvgIpc) is 2.88. The monoisotopic (exact) mass is 405 g/mol. The van der Waals surface area contributed by atoms with Gasteiger partial charge in [-0.25, -0.2) is 0 Å². The Bertz CT molecular complexity index is 823. The minimum atomic E-state index is -3.71. The van der Waals surface area contributed by atoms with E-state index in [1.807, 2.05) is 0 Å². The molecule has 1 fully saturated rings. The second-order valence-corrected chi connectivity index (χ2v) is 8.69. The summed E-state index contributed by atoms with van der Waals surface area (Å²) >= 11 is 0. The van der Waals surface area contributed by atoms with Gasteiger partial charge in [0, 0.05) is 37.8 Å². The van der Waals surface area contributed by atoms with Crippen LogP contribution in [0.1, 0.15) is 25.7 Å². The van der Waals surface area contributed by atoms with Gasteiger partial charge < -0.3 is 14.8 Å². The molecule has 1 aliphatic heterocycles. The number of rotatable bonds is 5. The standard InChI is InChI=1S/C16H21F2N3O5S/c1-21(2)27(23,24)20-11-5-3-10(4-6-11)15(22)19-12-7-8-13-14(9-12)26-16(17,18)25-13/h7-11,20H,3-6H2,1-2H3,(H,19,22). The number of hydrogen-bond donors (Lipinski definition) is 2. The van der Waals surface area contributed by atoms with Gasteiger partial charge in [0.1, 0.15) is 0 Å². The lowest BCUT2D eigenvalue weighted by atomic mass is 9.86. The number of hydrogen-bond acceptors (Lipinski definition) is 5. The maximum absolute atomic E-state index is 13.0. The summed E-state index contributed by atoms with van der Waals surface area (Å²) in [4.78, 5) is 12.4. The van der Waals surface area contributed by atoms with Crippen LogP contribution in [0.2, 0.25) is 0 Å². The summed E-state index contributed by atoms with van der Waals surface area (Å²) in [5.74, 6) is -0.752. The quantitative estimate of drug-likeness (QED) is 0.780. The van der Waals surface area contributed by atoms with Gasteiger partial charge in [-0.15, -0.1) is 8.78 Å². The van der Waals surface area contributed by atoms with Crippen molar-refractivity contribution in [3.63, 3.8) is 0 Å². The molecular formula is C16H21F2N3O5S. The van der Waals surface area contributed by atoms with E-state index in [0.717, 1.165) is 4.31 Å². The fourth-order valence-corrected chi connectivity index (χ4v) is 3.93. The average molecular weight is 405 g/mol. The second-order valence-electron chi connectivity index (χ2n) is 6.77. The molecule has 2 N–H and O–H groups in total. The molecule has 0 atom stereocenters. The van der Waals surface area contributed by atoms with Crippen LogP contribution >= 0.6 is 0 Å². The fourth-order valence-electron chi connectivity index (χ4n) is 3.06. The largest absolute Gasteiger partial charge is 0.586 e. The summed E-state index contributed by atoms with van der Waals surface area (Å²) in [7, 11) is -0.610. The number of nitrogens with one attached hydrogen (secondary N) is 2. The van der Waals surface area contributed by atoms with Gasteiger partial charge in [-0.2, -0.15) is 17.4 Å². The number of anilines is 1. The first-order chi connectivity index (χ1) is 12.6. The van der Waals surface area contributed by atoms with Gasteiger partial charge in [0.05, 0.1) is 0 Å². The molecular weight excluding hydrogens is 384 g/mol. The highest BCUT2D eigenvalue weighted by Crippen LogP contribution is 2.42. The maximum Gasteiger partial charge on any atom is 0.586 e. The fraction of sp³-hybridized carbons (Fsp3) is 0.562. The summed E-state index contributed by atoms with van der Waals surface area (Å²) in [5, 5.41) is 2.68. The van der Waals surface area contributed by atoms with Crippen molar-refractivity contribution in [3.8, 4) is 11.5 Å². The lowest BCUT2D eigenvalue weighted by molar-refractivity contribution is -0.286. The highest BCUT2D eigenvalue weighted by atomic mass is 32.2. The molecule has 1 amide bonds. The maximum atomic E-state index is 13.0. The third-order valence-electron chi connectivity index (χ3n) is 4.56. The number of nitrogens with zero attached hydrogens (tertiary/aromatic N) is 1. The topological polar surface area (TPSA) is 97.0 Å². The van der Waals surface area contributed by atoms with Crippen molar-refractivity contribution in [2.24, 2.45) is 5.92 Å². The van der Waals surface area contributed by atoms with Crippen LogP contribution in [0.3, 0.4) is 0 Å². The zero-order valence-electron chi connectivity index (χ0n) is 14.9. The molecule has 0 spiro atoms. The number of fused-ring (bicyclic) bond motifs is 1. The van der Waals surface area contributed by atoms with E-state index >= 15 is 0 Å². The highest BCUT2D eigenvalue weighted by molar-refractivity contribution is 7.87. The first-order valence-electron chi connectivity index (χ1n) is 8.46. The van der Waals surface area contributed by atoms with Crippen LogP contribution in [0.25, 0.3) is 0 Å². The van der Waals surface area contributed by atoms with Crippen molar-refractivity contribution in [2.75, 3.05) is 19.4 Å². The van der Waals surface area contributed by atoms with Crippen LogP contribution in [-0.2, 0) is 15.0 Å². The molecule has 1 aliphatic carbocycles. The van der Waals surface area contributed by atoms with Gasteiger partial charge in [-0.1, -0.05) is 0 Å². The van der Waals surface area contributed by atoms with Crippen molar-refractivity contribution in [3.05, 3.63) is 18.2 Å². The van der Waals surface area contributed by atoms with Crippen LogP contribution in [0.15, 0.2) is 18.2 Å². The first-order valence-corrected chi connectivity index (χ1v) is 9.90. The second kappa shape index (κ2) is 7.21. The van der Waals surface area contributed by atoms with Crippen LogP contribution in [0.4, 0.5) is 14.5 Å². The predicted octanol–water partition coefficient (Wildman–Crippen LogP) is 1.90. The molecule has 8 nitrogen and oxygen atoms in total. The van der Waals surface area contributed by atoms with E-state index in [9.17, 15) is 22.0 Å². The Kier molecular flexibility index (Phi) is 5.28. The van der Waals surface area contributed by atoms with Crippen LogP contribution in [-0.4, -0.2) is 45.1 Å². The Morgan fingerprint density at radius 3 is 2.41 bits per heavy atom. The minimum absolute atomic E-state index is 0.0910. The van der Waals surface area contributed by atoms with E-state index in [2.05, 4.69) is 19.5 Å². The smallest absolute Gasteiger partial charge is 0.395 e. The Hall–Kier alpha value is -1.98. The van der Waals surface area contributed by atoms with Crippen molar-refractivity contribution >= 4 is 21.8 Å². The third kappa shape index (κ3) is 4.66. The molecule has 150 valence electrons. The van der Waals surface area contributed by atoms with E-state index in [-0.39, 0.29) is 29.4 Å². The Morgan fingerprint density at radius 1 is 1.15 bits per heavy atom.